The van der Waals surface area contributed by atoms with Gasteiger partial charge in [0.05, 0.1) is 0 Å². The molecule has 28 heavy (non-hydrogen) atoms. The van der Waals surface area contributed by atoms with Crippen molar-refractivity contribution in [1.82, 2.24) is 14.1 Å². The zero-order chi connectivity index (χ0) is 20.5. The number of carbonyl (C=O) groups excluding carboxylic acids is 1. The second kappa shape index (κ2) is 8.11. The van der Waals surface area contributed by atoms with Crippen molar-refractivity contribution in [2.24, 2.45) is 0 Å². The normalized spacial score (nSPS) is 23.9. The van der Waals surface area contributed by atoms with Crippen molar-refractivity contribution < 1.29 is 22.8 Å². The van der Waals surface area contributed by atoms with Crippen LogP contribution in [0.4, 0.5) is 4.39 Å². The van der Waals surface area contributed by atoms with Crippen LogP contribution in [0.15, 0.2) is 30.3 Å². The Morgan fingerprint density at radius 1 is 1.29 bits per heavy atom. The lowest BCUT2D eigenvalue weighted by molar-refractivity contribution is -0.134. The summed E-state index contributed by atoms with van der Waals surface area (Å²) in [6.45, 7) is 4.22. The van der Waals surface area contributed by atoms with Gasteiger partial charge in [0.25, 0.3) is 16.1 Å². The first-order valence-electron chi connectivity index (χ1n) is 8.96. The van der Waals surface area contributed by atoms with Gasteiger partial charge < -0.3 is 0 Å². The van der Waals surface area contributed by atoms with Gasteiger partial charge in [0.1, 0.15) is 11.9 Å². The third kappa shape index (κ3) is 4.11. The smallest absolute Gasteiger partial charge is 0.283 e. The number of rotatable bonds is 4. The number of thioether (sulfide) groups is 1. The highest BCUT2D eigenvalue weighted by Gasteiger charge is 2.49. The molecule has 1 saturated heterocycles. The molecule has 2 N–H and O–H groups in total. The first kappa shape index (κ1) is 21.3. The SMILES string of the molecule is CC1(C)SCCN(S(=O)(=O)N2CC=C(c3ccc(F)cc3)CC2)[C@@H]1C(=O)NO. The Hall–Kier alpha value is -1.46. The molecule has 1 fully saturated rings. The molecule has 2 heterocycles. The molecule has 0 aromatic heterocycles. The van der Waals surface area contributed by atoms with Crippen LogP contribution in [0, 0.1) is 5.82 Å². The number of nitrogens with zero attached hydrogens (tertiary/aromatic N) is 2. The van der Waals surface area contributed by atoms with Crippen molar-refractivity contribution in [3.8, 4) is 0 Å². The fourth-order valence-electron chi connectivity index (χ4n) is 3.64. The number of amides is 1. The maximum atomic E-state index is 13.2. The molecule has 0 aliphatic carbocycles. The summed E-state index contributed by atoms with van der Waals surface area (Å²) in [5, 5.41) is 9.11. The number of carbonyl (C=O) groups is 1. The Balaban J connectivity index is 1.82. The van der Waals surface area contributed by atoms with E-state index >= 15 is 0 Å². The van der Waals surface area contributed by atoms with Crippen LogP contribution in [0.3, 0.4) is 0 Å². The number of benzene rings is 1. The summed E-state index contributed by atoms with van der Waals surface area (Å²) in [4.78, 5) is 12.2. The summed E-state index contributed by atoms with van der Waals surface area (Å²) in [6.07, 6.45) is 2.31. The Bertz CT molecular complexity index is 871. The van der Waals surface area contributed by atoms with Crippen molar-refractivity contribution in [2.75, 3.05) is 25.4 Å². The van der Waals surface area contributed by atoms with Gasteiger partial charge in [-0.15, -0.1) is 0 Å². The van der Waals surface area contributed by atoms with Gasteiger partial charge >= 0.3 is 0 Å². The topological polar surface area (TPSA) is 90.0 Å². The van der Waals surface area contributed by atoms with E-state index in [1.165, 1.54) is 32.5 Å². The van der Waals surface area contributed by atoms with Crippen molar-refractivity contribution in [2.45, 2.75) is 31.1 Å². The molecule has 7 nitrogen and oxygen atoms in total. The Labute approximate surface area is 168 Å². The number of hydrogen-bond donors (Lipinski definition) is 2. The second-order valence-electron chi connectivity index (χ2n) is 7.29. The molecule has 2 aliphatic heterocycles. The van der Waals surface area contributed by atoms with Crippen molar-refractivity contribution >= 4 is 33.5 Å². The van der Waals surface area contributed by atoms with Crippen LogP contribution >= 0.6 is 11.8 Å². The molecule has 1 aromatic carbocycles. The first-order valence-corrected chi connectivity index (χ1v) is 11.3. The maximum Gasteiger partial charge on any atom is 0.283 e. The van der Waals surface area contributed by atoms with Crippen LogP contribution < -0.4 is 5.48 Å². The lowest BCUT2D eigenvalue weighted by atomic mass is 10.0. The maximum absolute atomic E-state index is 13.2. The quantitative estimate of drug-likeness (QED) is 0.563. The molecule has 1 atom stereocenters. The summed E-state index contributed by atoms with van der Waals surface area (Å²) in [5.41, 5.74) is 3.44. The second-order valence-corrected chi connectivity index (χ2v) is 10.9. The Kier molecular flexibility index (Phi) is 6.16. The van der Waals surface area contributed by atoms with E-state index < -0.39 is 26.9 Å². The average molecular weight is 430 g/mol. The lowest BCUT2D eigenvalue weighted by Gasteiger charge is -2.45. The zero-order valence-corrected chi connectivity index (χ0v) is 17.4. The molecule has 3 rings (SSSR count). The first-order chi connectivity index (χ1) is 13.2. The van der Waals surface area contributed by atoms with Crippen molar-refractivity contribution in [3.63, 3.8) is 0 Å². The van der Waals surface area contributed by atoms with Gasteiger partial charge in [-0.1, -0.05) is 18.2 Å². The zero-order valence-electron chi connectivity index (χ0n) is 15.8. The fourth-order valence-corrected chi connectivity index (χ4v) is 6.86. The standard InChI is InChI=1S/C18H24FN3O4S2/c1-18(2)16(17(23)20-24)22(11-12-27-18)28(25,26)21-9-7-14(8-10-21)13-3-5-15(19)6-4-13/h3-7,16,24H,8-12H2,1-2H3,(H,20,23)/t16-/m1/s1. The van der Waals surface area contributed by atoms with Crippen LogP contribution in [-0.2, 0) is 15.0 Å². The highest BCUT2D eigenvalue weighted by molar-refractivity contribution is 8.00. The molecule has 0 radical (unpaired) electrons. The molecular formula is C18H24FN3O4S2. The molecular weight excluding hydrogens is 405 g/mol. The number of nitrogens with one attached hydrogen (secondary N) is 1. The largest absolute Gasteiger partial charge is 0.289 e. The van der Waals surface area contributed by atoms with Crippen LogP contribution in [0.1, 0.15) is 25.8 Å². The van der Waals surface area contributed by atoms with E-state index in [4.69, 9.17) is 5.21 Å². The van der Waals surface area contributed by atoms with Gasteiger partial charge in [-0.3, -0.25) is 10.0 Å². The molecule has 1 amide bonds. The van der Waals surface area contributed by atoms with E-state index in [1.54, 1.807) is 31.5 Å². The van der Waals surface area contributed by atoms with Crippen LogP contribution in [-0.4, -0.2) is 64.3 Å². The van der Waals surface area contributed by atoms with E-state index in [9.17, 15) is 17.6 Å². The molecule has 10 heteroatoms. The number of hydrogen-bond acceptors (Lipinski definition) is 5. The van der Waals surface area contributed by atoms with Gasteiger partial charge in [-0.05, 0) is 43.5 Å². The van der Waals surface area contributed by atoms with Crippen LogP contribution in [0.5, 0.6) is 0 Å². The third-order valence-corrected chi connectivity index (χ3v) is 8.42. The summed E-state index contributed by atoms with van der Waals surface area (Å²) in [5.74, 6) is -0.491. The highest BCUT2D eigenvalue weighted by atomic mass is 32.2. The minimum Gasteiger partial charge on any atom is -0.289 e. The van der Waals surface area contributed by atoms with Crippen LogP contribution in [0.2, 0.25) is 0 Å². The van der Waals surface area contributed by atoms with Crippen molar-refractivity contribution in [1.29, 1.82) is 0 Å². The summed E-state index contributed by atoms with van der Waals surface area (Å²) in [7, 11) is -3.90. The van der Waals surface area contributed by atoms with E-state index in [0.717, 1.165) is 11.1 Å². The van der Waals surface area contributed by atoms with E-state index in [1.807, 2.05) is 6.08 Å². The fraction of sp³-hybridized carbons (Fsp3) is 0.500. The molecule has 0 unspecified atom stereocenters. The summed E-state index contributed by atoms with van der Waals surface area (Å²) >= 11 is 1.50. The predicted molar refractivity (Wildman–Crippen MR) is 106 cm³/mol. The molecule has 0 saturated carbocycles. The van der Waals surface area contributed by atoms with Gasteiger partial charge in [-0.2, -0.15) is 28.8 Å². The summed E-state index contributed by atoms with van der Waals surface area (Å²) < 4.78 is 41.5. The minimum absolute atomic E-state index is 0.173. The van der Waals surface area contributed by atoms with E-state index in [0.29, 0.717) is 12.2 Å². The molecule has 2 aliphatic rings. The average Bonchev–Trinajstić information content (AvgIpc) is 2.67. The molecule has 154 valence electrons. The van der Waals surface area contributed by atoms with Crippen LogP contribution in [0.25, 0.3) is 5.57 Å². The highest BCUT2D eigenvalue weighted by Crippen LogP contribution is 2.38. The molecule has 0 spiro atoms. The predicted octanol–water partition coefficient (Wildman–Crippen LogP) is 1.86. The molecule has 1 aromatic rings. The minimum atomic E-state index is -3.90. The van der Waals surface area contributed by atoms with Gasteiger partial charge in [0, 0.05) is 30.1 Å². The van der Waals surface area contributed by atoms with E-state index in [-0.39, 0.29) is 25.5 Å². The lowest BCUT2D eigenvalue weighted by Crippen LogP contribution is -2.63. The molecule has 0 bridgehead atoms. The van der Waals surface area contributed by atoms with Gasteiger partial charge in [0.15, 0.2) is 0 Å². The third-order valence-electron chi connectivity index (χ3n) is 5.10. The van der Waals surface area contributed by atoms with Gasteiger partial charge in [0.2, 0.25) is 0 Å². The number of hydroxylamine groups is 1. The Morgan fingerprint density at radius 2 is 1.96 bits per heavy atom. The van der Waals surface area contributed by atoms with Gasteiger partial charge in [-0.25, -0.2) is 9.87 Å². The Morgan fingerprint density at radius 3 is 2.54 bits per heavy atom. The summed E-state index contributed by atoms with van der Waals surface area (Å²) in [6, 6.07) is 5.11. The van der Waals surface area contributed by atoms with Crippen molar-refractivity contribution in [3.05, 3.63) is 41.7 Å². The number of halogens is 1. The monoisotopic (exact) mass is 429 g/mol. The van der Waals surface area contributed by atoms with E-state index in [2.05, 4.69) is 0 Å².